The van der Waals surface area contributed by atoms with Crippen molar-refractivity contribution in [3.8, 4) is 5.75 Å². The van der Waals surface area contributed by atoms with Crippen LogP contribution in [0.3, 0.4) is 0 Å². The minimum Gasteiger partial charge on any atom is -0.468 e. The monoisotopic (exact) mass is 370 g/mol. The zero-order valence-electron chi connectivity index (χ0n) is 13.3. The molecule has 0 saturated carbocycles. The van der Waals surface area contributed by atoms with Crippen molar-refractivity contribution < 1.29 is 41.1 Å². The van der Waals surface area contributed by atoms with Gasteiger partial charge in [0.2, 0.25) is 0 Å². The third-order valence-corrected chi connectivity index (χ3v) is 5.14. The summed E-state index contributed by atoms with van der Waals surface area (Å²) in [7, 11) is -2.94. The number of rotatable bonds is 8. The molecular weight excluding hydrogens is 352 g/mol. The zero-order chi connectivity index (χ0) is 18.4. The van der Waals surface area contributed by atoms with Gasteiger partial charge in [-0.15, -0.1) is 13.2 Å². The van der Waals surface area contributed by atoms with Gasteiger partial charge in [-0.05, 0) is 31.5 Å². The lowest BCUT2D eigenvalue weighted by Gasteiger charge is -2.25. The standard InChI is InChI=1S/C14H18F3O6P/c1-4-21-24(19,22-5-2)12(13(18)20-3)10-7-6-8-11(9-10)23-14(15,16)17/h6-9,12H,4-5H2,1-3H3. The van der Waals surface area contributed by atoms with Crippen molar-refractivity contribution in [1.82, 2.24) is 0 Å². The van der Waals surface area contributed by atoms with Crippen LogP contribution in [0, 0.1) is 0 Å². The van der Waals surface area contributed by atoms with E-state index in [1.54, 1.807) is 13.8 Å². The molecule has 1 rings (SSSR count). The number of halogens is 3. The normalized spacial score (nSPS) is 13.4. The summed E-state index contributed by atoms with van der Waals surface area (Å²) in [6, 6.07) is 4.54. The molecule has 0 aromatic heterocycles. The first-order valence-corrected chi connectivity index (χ1v) is 8.60. The lowest BCUT2D eigenvalue weighted by atomic mass is 10.1. The van der Waals surface area contributed by atoms with Gasteiger partial charge in [-0.25, -0.2) is 0 Å². The van der Waals surface area contributed by atoms with Crippen LogP contribution in [0.5, 0.6) is 5.75 Å². The molecule has 0 amide bonds. The molecule has 0 radical (unpaired) electrons. The predicted molar refractivity (Wildman–Crippen MR) is 78.7 cm³/mol. The van der Waals surface area contributed by atoms with Crippen LogP contribution in [-0.2, 0) is 23.1 Å². The summed E-state index contributed by atoms with van der Waals surface area (Å²) in [6.45, 7) is 3.04. The van der Waals surface area contributed by atoms with Crippen LogP contribution in [0.25, 0.3) is 0 Å². The molecule has 1 aromatic rings. The maximum atomic E-state index is 12.9. The fourth-order valence-corrected chi connectivity index (χ4v) is 3.97. The molecule has 0 N–H and O–H groups in total. The highest BCUT2D eigenvalue weighted by atomic mass is 31.2. The lowest BCUT2D eigenvalue weighted by Crippen LogP contribution is -2.19. The fourth-order valence-electron chi connectivity index (χ4n) is 1.99. The molecule has 0 aliphatic carbocycles. The Bertz CT molecular complexity index is 594. The maximum Gasteiger partial charge on any atom is 0.573 e. The molecule has 6 nitrogen and oxygen atoms in total. The molecular formula is C14H18F3O6P. The van der Waals surface area contributed by atoms with Crippen LogP contribution in [0.1, 0.15) is 25.1 Å². The summed E-state index contributed by atoms with van der Waals surface area (Å²) < 4.78 is 68.6. The Labute approximate surface area is 137 Å². The van der Waals surface area contributed by atoms with Crippen molar-refractivity contribution >= 4 is 13.6 Å². The topological polar surface area (TPSA) is 71.1 Å². The SMILES string of the molecule is CCOP(=O)(OCC)C(C(=O)OC)c1cccc(OC(F)(F)F)c1. The summed E-state index contributed by atoms with van der Waals surface area (Å²) in [5.41, 5.74) is -1.56. The van der Waals surface area contributed by atoms with Crippen molar-refractivity contribution in [1.29, 1.82) is 0 Å². The molecule has 1 unspecified atom stereocenters. The molecule has 0 aliphatic rings. The Kier molecular flexibility index (Phi) is 7.26. The summed E-state index contributed by atoms with van der Waals surface area (Å²) in [5, 5.41) is 0. The highest BCUT2D eigenvalue weighted by Crippen LogP contribution is 2.61. The Hall–Kier alpha value is -1.57. The minimum atomic E-state index is -4.90. The predicted octanol–water partition coefficient (Wildman–Crippen LogP) is 4.07. The smallest absolute Gasteiger partial charge is 0.468 e. The molecule has 1 aromatic carbocycles. The average molecular weight is 370 g/mol. The zero-order valence-corrected chi connectivity index (χ0v) is 14.2. The first-order valence-electron chi connectivity index (χ1n) is 6.99. The van der Waals surface area contributed by atoms with Crippen LogP contribution in [-0.4, -0.2) is 32.7 Å². The summed E-state index contributed by atoms with van der Waals surface area (Å²) in [6.07, 6.45) is -4.90. The number of carbonyl (C=O) groups is 1. The van der Waals surface area contributed by atoms with E-state index in [1.165, 1.54) is 12.1 Å². The third-order valence-electron chi connectivity index (χ3n) is 2.77. The summed E-state index contributed by atoms with van der Waals surface area (Å²) in [4.78, 5) is 12.1. The lowest BCUT2D eigenvalue weighted by molar-refractivity contribution is -0.274. The number of ether oxygens (including phenoxy) is 2. The van der Waals surface area contributed by atoms with Crippen LogP contribution < -0.4 is 4.74 Å². The Morgan fingerprint density at radius 3 is 2.25 bits per heavy atom. The second-order valence-corrected chi connectivity index (χ2v) is 6.53. The Morgan fingerprint density at radius 1 is 1.21 bits per heavy atom. The summed E-state index contributed by atoms with van der Waals surface area (Å²) in [5.74, 6) is -1.52. The van der Waals surface area contributed by atoms with Gasteiger partial charge >= 0.3 is 19.9 Å². The quantitative estimate of drug-likeness (QED) is 0.508. The van der Waals surface area contributed by atoms with Crippen LogP contribution in [0.15, 0.2) is 24.3 Å². The first kappa shape index (κ1) is 20.5. The van der Waals surface area contributed by atoms with Gasteiger partial charge in [-0.3, -0.25) is 9.36 Å². The molecule has 1 atom stereocenters. The molecule has 0 saturated heterocycles. The van der Waals surface area contributed by atoms with Crippen LogP contribution in [0.2, 0.25) is 0 Å². The molecule has 0 aliphatic heterocycles. The van der Waals surface area contributed by atoms with Gasteiger partial charge in [0.15, 0.2) is 5.66 Å². The third kappa shape index (κ3) is 5.51. The Morgan fingerprint density at radius 2 is 1.79 bits per heavy atom. The number of carbonyl (C=O) groups excluding carboxylic acids is 1. The van der Waals surface area contributed by atoms with E-state index in [0.29, 0.717) is 0 Å². The number of hydrogen-bond donors (Lipinski definition) is 0. The van der Waals surface area contributed by atoms with E-state index in [4.69, 9.17) is 9.05 Å². The van der Waals surface area contributed by atoms with Gasteiger partial charge in [-0.1, -0.05) is 12.1 Å². The number of esters is 1. The number of benzene rings is 1. The molecule has 24 heavy (non-hydrogen) atoms. The highest BCUT2D eigenvalue weighted by Gasteiger charge is 2.43. The number of methoxy groups -OCH3 is 1. The average Bonchev–Trinajstić information content (AvgIpc) is 2.46. The fraction of sp³-hybridized carbons (Fsp3) is 0.500. The second-order valence-electron chi connectivity index (χ2n) is 4.42. The molecule has 10 heteroatoms. The molecule has 136 valence electrons. The van der Waals surface area contributed by atoms with E-state index < -0.39 is 31.3 Å². The molecule has 0 bridgehead atoms. The van der Waals surface area contributed by atoms with Gasteiger partial charge in [0, 0.05) is 0 Å². The van der Waals surface area contributed by atoms with E-state index in [9.17, 15) is 22.5 Å². The molecule has 0 spiro atoms. The van der Waals surface area contributed by atoms with E-state index in [-0.39, 0.29) is 18.8 Å². The number of alkyl halides is 3. The Balaban J connectivity index is 3.33. The van der Waals surface area contributed by atoms with Gasteiger partial charge in [-0.2, -0.15) is 0 Å². The van der Waals surface area contributed by atoms with Crippen molar-refractivity contribution in [2.24, 2.45) is 0 Å². The van der Waals surface area contributed by atoms with Gasteiger partial charge in [0.1, 0.15) is 5.75 Å². The van der Waals surface area contributed by atoms with Crippen LogP contribution in [0.4, 0.5) is 13.2 Å². The van der Waals surface area contributed by atoms with Gasteiger partial charge in [0.25, 0.3) is 0 Å². The minimum absolute atomic E-state index is 0.0243. The van der Waals surface area contributed by atoms with E-state index in [2.05, 4.69) is 9.47 Å². The van der Waals surface area contributed by atoms with E-state index >= 15 is 0 Å². The second kappa shape index (κ2) is 8.50. The maximum absolute atomic E-state index is 12.9. The van der Waals surface area contributed by atoms with Crippen molar-refractivity contribution in [3.05, 3.63) is 29.8 Å². The highest BCUT2D eigenvalue weighted by molar-refractivity contribution is 7.55. The van der Waals surface area contributed by atoms with Crippen molar-refractivity contribution in [3.63, 3.8) is 0 Å². The van der Waals surface area contributed by atoms with Crippen molar-refractivity contribution in [2.45, 2.75) is 25.9 Å². The first-order chi connectivity index (χ1) is 11.2. The van der Waals surface area contributed by atoms with Crippen LogP contribution >= 0.6 is 7.60 Å². The van der Waals surface area contributed by atoms with E-state index in [1.807, 2.05) is 0 Å². The molecule has 0 fully saturated rings. The summed E-state index contributed by atoms with van der Waals surface area (Å²) >= 11 is 0. The van der Waals surface area contributed by atoms with E-state index in [0.717, 1.165) is 19.2 Å². The number of hydrogen-bond acceptors (Lipinski definition) is 6. The molecule has 0 heterocycles. The van der Waals surface area contributed by atoms with Gasteiger partial charge in [0.05, 0.1) is 20.3 Å². The van der Waals surface area contributed by atoms with Crippen molar-refractivity contribution in [2.75, 3.05) is 20.3 Å². The largest absolute Gasteiger partial charge is 0.573 e. The van der Waals surface area contributed by atoms with Gasteiger partial charge < -0.3 is 18.5 Å².